The lowest BCUT2D eigenvalue weighted by Crippen LogP contribution is -2.46. The maximum atomic E-state index is 13.5. The van der Waals surface area contributed by atoms with Gasteiger partial charge in [0, 0.05) is 6.04 Å². The molecule has 1 aliphatic rings. The minimum Gasteiger partial charge on any atom is -0.396 e. The topological polar surface area (TPSA) is 55.1 Å². The number of nitrogens with two attached hydrogens (primary N) is 1. The molecule has 0 bridgehead atoms. The van der Waals surface area contributed by atoms with E-state index >= 15 is 0 Å². The van der Waals surface area contributed by atoms with E-state index < -0.39 is 5.82 Å². The van der Waals surface area contributed by atoms with E-state index in [1.54, 1.807) is 6.07 Å². The summed E-state index contributed by atoms with van der Waals surface area (Å²) in [4.78, 5) is 12.4. The van der Waals surface area contributed by atoms with E-state index in [-0.39, 0.29) is 34.0 Å². The lowest BCUT2D eigenvalue weighted by atomic mass is 9.63. The van der Waals surface area contributed by atoms with Crippen LogP contribution in [0, 0.1) is 16.6 Å². The molecule has 0 saturated heterocycles. The largest absolute Gasteiger partial charge is 0.396 e. The number of anilines is 1. The van der Waals surface area contributed by atoms with Gasteiger partial charge >= 0.3 is 0 Å². The lowest BCUT2D eigenvalue weighted by molar-refractivity contribution is 0.0714. The molecule has 0 radical (unpaired) electrons. The molecule has 0 atom stereocenters. The molecule has 21 heavy (non-hydrogen) atoms. The third-order valence-corrected chi connectivity index (χ3v) is 4.19. The molecule has 3 N–H and O–H groups in total. The van der Waals surface area contributed by atoms with Gasteiger partial charge in [-0.25, -0.2) is 4.39 Å². The standard InChI is InChI=1S/C17H25FN2O/c1-16(2)8-11(9-17(3,4)10-16)20-15(21)12-6-5-7-13(18)14(12)19/h5-7,11H,8-10,19H2,1-4H3,(H,20,21). The summed E-state index contributed by atoms with van der Waals surface area (Å²) in [7, 11) is 0. The predicted molar refractivity (Wildman–Crippen MR) is 83.5 cm³/mol. The first-order chi connectivity index (χ1) is 9.60. The monoisotopic (exact) mass is 292 g/mol. The van der Waals surface area contributed by atoms with Gasteiger partial charge < -0.3 is 11.1 Å². The number of halogens is 1. The van der Waals surface area contributed by atoms with E-state index in [0.29, 0.717) is 0 Å². The molecular formula is C17H25FN2O. The quantitative estimate of drug-likeness (QED) is 0.816. The van der Waals surface area contributed by atoms with Gasteiger partial charge in [-0.2, -0.15) is 0 Å². The van der Waals surface area contributed by atoms with Crippen LogP contribution < -0.4 is 11.1 Å². The number of amides is 1. The van der Waals surface area contributed by atoms with Crippen molar-refractivity contribution >= 4 is 11.6 Å². The summed E-state index contributed by atoms with van der Waals surface area (Å²) >= 11 is 0. The van der Waals surface area contributed by atoms with Crippen LogP contribution in [-0.2, 0) is 0 Å². The zero-order valence-corrected chi connectivity index (χ0v) is 13.3. The van der Waals surface area contributed by atoms with Crippen LogP contribution in [0.15, 0.2) is 18.2 Å². The highest BCUT2D eigenvalue weighted by atomic mass is 19.1. The van der Waals surface area contributed by atoms with Gasteiger partial charge in [0.1, 0.15) is 5.82 Å². The normalized spacial score (nSPS) is 21.0. The maximum absolute atomic E-state index is 13.5. The Morgan fingerprint density at radius 3 is 2.38 bits per heavy atom. The Balaban J connectivity index is 2.14. The third kappa shape index (κ3) is 3.74. The zero-order chi connectivity index (χ0) is 15.8. The highest BCUT2D eigenvalue weighted by molar-refractivity contribution is 5.99. The van der Waals surface area contributed by atoms with Crippen molar-refractivity contribution in [3.05, 3.63) is 29.6 Å². The van der Waals surface area contributed by atoms with Crippen LogP contribution in [0.25, 0.3) is 0 Å². The number of carbonyl (C=O) groups excluding carboxylic acids is 1. The smallest absolute Gasteiger partial charge is 0.253 e. The number of hydrogen-bond donors (Lipinski definition) is 2. The molecule has 2 rings (SSSR count). The second-order valence-corrected chi connectivity index (χ2v) is 7.78. The molecule has 0 spiro atoms. The van der Waals surface area contributed by atoms with Crippen LogP contribution in [0.4, 0.5) is 10.1 Å². The molecule has 4 heteroatoms. The van der Waals surface area contributed by atoms with E-state index in [9.17, 15) is 9.18 Å². The SMILES string of the molecule is CC1(C)CC(NC(=O)c2cccc(F)c2N)CC(C)(C)C1. The van der Waals surface area contributed by atoms with E-state index in [0.717, 1.165) is 19.3 Å². The fourth-order valence-corrected chi connectivity index (χ4v) is 3.95. The van der Waals surface area contributed by atoms with E-state index in [4.69, 9.17) is 5.73 Å². The minimum absolute atomic E-state index is 0.0793. The number of nitrogens with one attached hydrogen (secondary N) is 1. The Morgan fingerprint density at radius 2 is 1.81 bits per heavy atom. The highest BCUT2D eigenvalue weighted by Gasteiger charge is 2.39. The van der Waals surface area contributed by atoms with Gasteiger partial charge in [0.15, 0.2) is 0 Å². The van der Waals surface area contributed by atoms with Gasteiger partial charge in [0.25, 0.3) is 5.91 Å². The maximum Gasteiger partial charge on any atom is 0.253 e. The first-order valence-electron chi connectivity index (χ1n) is 7.45. The van der Waals surface area contributed by atoms with Crippen LogP contribution in [0.3, 0.4) is 0 Å². The fraction of sp³-hybridized carbons (Fsp3) is 0.588. The highest BCUT2D eigenvalue weighted by Crippen LogP contribution is 2.45. The van der Waals surface area contributed by atoms with E-state index in [1.807, 2.05) is 0 Å². The summed E-state index contributed by atoms with van der Waals surface area (Å²) in [6, 6.07) is 4.43. The van der Waals surface area contributed by atoms with Crippen LogP contribution >= 0.6 is 0 Å². The molecule has 3 nitrogen and oxygen atoms in total. The van der Waals surface area contributed by atoms with Gasteiger partial charge in [-0.1, -0.05) is 33.8 Å². The number of hydrogen-bond acceptors (Lipinski definition) is 2. The first kappa shape index (κ1) is 15.8. The van der Waals surface area contributed by atoms with Crippen LogP contribution in [-0.4, -0.2) is 11.9 Å². The summed E-state index contributed by atoms with van der Waals surface area (Å²) in [6.45, 7) is 8.90. The van der Waals surface area contributed by atoms with Crippen LogP contribution in [0.2, 0.25) is 0 Å². The Hall–Kier alpha value is -1.58. The summed E-state index contributed by atoms with van der Waals surface area (Å²) in [5, 5.41) is 3.03. The summed E-state index contributed by atoms with van der Waals surface area (Å²) in [5.74, 6) is -0.836. The molecule has 0 unspecified atom stereocenters. The minimum atomic E-state index is -0.549. The molecule has 0 aliphatic heterocycles. The molecule has 116 valence electrons. The van der Waals surface area contributed by atoms with E-state index in [2.05, 4.69) is 33.0 Å². The molecule has 1 saturated carbocycles. The Labute approximate surface area is 126 Å². The molecule has 0 aromatic heterocycles. The van der Waals surface area contributed by atoms with Gasteiger partial charge in [0.05, 0.1) is 11.3 Å². The Kier molecular flexibility index (Phi) is 4.00. The van der Waals surface area contributed by atoms with Crippen molar-refractivity contribution < 1.29 is 9.18 Å². The number of benzene rings is 1. The number of para-hydroxylation sites is 1. The van der Waals surface area contributed by atoms with Crippen molar-refractivity contribution in [1.82, 2.24) is 5.32 Å². The molecule has 1 aliphatic carbocycles. The second kappa shape index (κ2) is 5.32. The third-order valence-electron chi connectivity index (χ3n) is 4.19. The first-order valence-corrected chi connectivity index (χ1v) is 7.45. The van der Waals surface area contributed by atoms with Crippen molar-refractivity contribution in [1.29, 1.82) is 0 Å². The van der Waals surface area contributed by atoms with Gasteiger partial charge in [-0.15, -0.1) is 0 Å². The molecule has 1 amide bonds. The summed E-state index contributed by atoms with van der Waals surface area (Å²) in [5.41, 5.74) is 6.17. The lowest BCUT2D eigenvalue weighted by Gasteiger charge is -2.45. The summed E-state index contributed by atoms with van der Waals surface area (Å²) in [6.07, 6.45) is 2.99. The van der Waals surface area contributed by atoms with Crippen molar-refractivity contribution in [3.63, 3.8) is 0 Å². The van der Waals surface area contributed by atoms with Crippen LogP contribution in [0.1, 0.15) is 57.3 Å². The molecule has 1 aromatic rings. The molecule has 1 aromatic carbocycles. The van der Waals surface area contributed by atoms with Gasteiger partial charge in [0.2, 0.25) is 0 Å². The van der Waals surface area contributed by atoms with Crippen molar-refractivity contribution in [2.45, 2.75) is 53.0 Å². The number of rotatable bonds is 2. The van der Waals surface area contributed by atoms with Crippen molar-refractivity contribution in [2.75, 3.05) is 5.73 Å². The Morgan fingerprint density at radius 1 is 1.24 bits per heavy atom. The zero-order valence-electron chi connectivity index (χ0n) is 13.3. The molecule has 1 fully saturated rings. The number of nitrogen functional groups attached to an aromatic ring is 1. The Bertz CT molecular complexity index is 536. The average molecular weight is 292 g/mol. The fourth-order valence-electron chi connectivity index (χ4n) is 3.95. The van der Waals surface area contributed by atoms with Gasteiger partial charge in [-0.3, -0.25) is 4.79 Å². The van der Waals surface area contributed by atoms with Gasteiger partial charge in [-0.05, 0) is 42.2 Å². The van der Waals surface area contributed by atoms with Crippen molar-refractivity contribution in [2.24, 2.45) is 10.8 Å². The van der Waals surface area contributed by atoms with Crippen LogP contribution in [0.5, 0.6) is 0 Å². The molecular weight excluding hydrogens is 267 g/mol. The summed E-state index contributed by atoms with van der Waals surface area (Å²) < 4.78 is 13.5. The molecule has 0 heterocycles. The second-order valence-electron chi connectivity index (χ2n) is 7.78. The average Bonchev–Trinajstić information content (AvgIpc) is 2.28. The number of carbonyl (C=O) groups is 1. The van der Waals surface area contributed by atoms with Crippen molar-refractivity contribution in [3.8, 4) is 0 Å². The van der Waals surface area contributed by atoms with E-state index in [1.165, 1.54) is 12.1 Å². The predicted octanol–water partition coefficient (Wildman–Crippen LogP) is 3.74.